The van der Waals surface area contributed by atoms with E-state index >= 15 is 0 Å². The van der Waals surface area contributed by atoms with E-state index in [0.717, 1.165) is 72.0 Å². The number of anilines is 2. The van der Waals surface area contributed by atoms with Crippen LogP contribution in [0.2, 0.25) is 25.7 Å². The number of carbonyl (C=O) groups excluding carboxylic acids is 1. The average molecular weight is 601 g/mol. The Kier molecular flexibility index (Phi) is 7.58. The number of hydrogen-bond acceptors (Lipinski definition) is 7. The Morgan fingerprint density at radius 2 is 1.97 bits per heavy atom. The number of methoxy groups -OCH3 is 1. The quantitative estimate of drug-likeness (QED) is 0.201. The molecule has 2 atom stereocenters. The number of pyridine rings is 2. The number of fused-ring (bicyclic) bond motifs is 2. The number of halogens is 1. The summed E-state index contributed by atoms with van der Waals surface area (Å²) in [6.07, 6.45) is 6.79. The third kappa shape index (κ3) is 5.48. The van der Waals surface area contributed by atoms with Gasteiger partial charge in [-0.05, 0) is 46.4 Å². The highest BCUT2D eigenvalue weighted by molar-refractivity contribution is 9.10. The van der Waals surface area contributed by atoms with Crippen molar-refractivity contribution in [3.8, 4) is 0 Å². The van der Waals surface area contributed by atoms with E-state index in [4.69, 9.17) is 14.5 Å². The van der Waals surface area contributed by atoms with Gasteiger partial charge < -0.3 is 24.3 Å². The summed E-state index contributed by atoms with van der Waals surface area (Å²) in [7, 11) is 0.299. The van der Waals surface area contributed by atoms with Crippen molar-refractivity contribution in [3.63, 3.8) is 0 Å². The van der Waals surface area contributed by atoms with Crippen LogP contribution in [0.25, 0.3) is 10.9 Å². The van der Waals surface area contributed by atoms with Crippen molar-refractivity contribution in [2.45, 2.75) is 45.6 Å². The minimum Gasteiger partial charge on any atom is -0.465 e. The van der Waals surface area contributed by atoms with Crippen molar-refractivity contribution >= 4 is 52.5 Å². The molecule has 8 nitrogen and oxygen atoms in total. The number of H-pyrrole nitrogens is 1. The van der Waals surface area contributed by atoms with Crippen LogP contribution in [0.3, 0.4) is 0 Å². The van der Waals surface area contributed by atoms with Crippen LogP contribution in [-0.2, 0) is 16.1 Å². The maximum Gasteiger partial charge on any atom is 0.341 e. The maximum absolute atomic E-state index is 12.5. The predicted octanol–water partition coefficient (Wildman–Crippen LogP) is 5.71. The summed E-state index contributed by atoms with van der Waals surface area (Å²) in [4.78, 5) is 30.2. The zero-order valence-corrected chi connectivity index (χ0v) is 25.6. The molecule has 204 valence electrons. The Morgan fingerprint density at radius 1 is 1.21 bits per heavy atom. The van der Waals surface area contributed by atoms with Gasteiger partial charge in [-0.3, -0.25) is 0 Å². The van der Waals surface area contributed by atoms with Crippen molar-refractivity contribution in [3.05, 3.63) is 46.3 Å². The van der Waals surface area contributed by atoms with E-state index in [0.29, 0.717) is 23.9 Å². The molecule has 2 fully saturated rings. The SMILES string of the molecule is COC(=O)c1cc(Br)cnc1N1CC2CCN(c3ncc(COCC[Si](C)(C)C)c4[nH]ccc34)CC2(C)C1. The highest BCUT2D eigenvalue weighted by Gasteiger charge is 2.48. The Morgan fingerprint density at radius 3 is 2.74 bits per heavy atom. The topological polar surface area (TPSA) is 83.6 Å². The fourth-order valence-electron chi connectivity index (χ4n) is 5.86. The summed E-state index contributed by atoms with van der Waals surface area (Å²) in [5.41, 5.74) is 2.77. The van der Waals surface area contributed by atoms with Gasteiger partial charge in [0.25, 0.3) is 0 Å². The van der Waals surface area contributed by atoms with Crippen molar-refractivity contribution < 1.29 is 14.3 Å². The van der Waals surface area contributed by atoms with Gasteiger partial charge in [0.05, 0.1) is 19.2 Å². The van der Waals surface area contributed by atoms with Gasteiger partial charge in [-0.15, -0.1) is 0 Å². The molecule has 0 aliphatic carbocycles. The lowest BCUT2D eigenvalue weighted by Crippen LogP contribution is -2.47. The summed E-state index contributed by atoms with van der Waals surface area (Å²) >= 11 is 3.44. The number of esters is 1. The maximum atomic E-state index is 12.5. The van der Waals surface area contributed by atoms with Crippen LogP contribution in [0.5, 0.6) is 0 Å². The van der Waals surface area contributed by atoms with Crippen molar-refractivity contribution in [2.24, 2.45) is 11.3 Å². The molecule has 3 aromatic rings. The van der Waals surface area contributed by atoms with Crippen molar-refractivity contribution in [1.82, 2.24) is 15.0 Å². The molecule has 0 bridgehead atoms. The number of hydrogen-bond donors (Lipinski definition) is 1. The van der Waals surface area contributed by atoms with E-state index in [1.807, 2.05) is 12.4 Å². The fraction of sp³-hybridized carbons (Fsp3) is 0.536. The van der Waals surface area contributed by atoms with Crippen LogP contribution < -0.4 is 9.80 Å². The smallest absolute Gasteiger partial charge is 0.341 e. The molecule has 5 rings (SSSR count). The molecular weight excluding hydrogens is 562 g/mol. The Bertz CT molecular complexity index is 1330. The molecule has 0 saturated carbocycles. The first kappa shape index (κ1) is 27.1. The fourth-order valence-corrected chi connectivity index (χ4v) is 6.95. The van der Waals surface area contributed by atoms with E-state index in [1.54, 1.807) is 12.3 Å². The summed E-state index contributed by atoms with van der Waals surface area (Å²) in [6.45, 7) is 14.4. The van der Waals surface area contributed by atoms with E-state index < -0.39 is 8.07 Å². The molecule has 38 heavy (non-hydrogen) atoms. The second-order valence-corrected chi connectivity index (χ2v) is 18.7. The van der Waals surface area contributed by atoms with Crippen LogP contribution >= 0.6 is 15.9 Å². The van der Waals surface area contributed by atoms with Crippen LogP contribution in [0.4, 0.5) is 11.6 Å². The van der Waals surface area contributed by atoms with Gasteiger partial charge in [0.15, 0.2) is 0 Å². The Hall–Kier alpha value is -2.43. The molecule has 2 saturated heterocycles. The molecule has 0 aromatic carbocycles. The number of aromatic nitrogens is 3. The molecule has 0 radical (unpaired) electrons. The first-order valence-electron chi connectivity index (χ1n) is 13.3. The second kappa shape index (κ2) is 10.6. The number of carbonyl (C=O) groups is 1. The zero-order valence-electron chi connectivity index (χ0n) is 23.0. The van der Waals surface area contributed by atoms with Gasteiger partial charge in [-0.2, -0.15) is 0 Å². The van der Waals surface area contributed by atoms with Crippen LogP contribution in [0, 0.1) is 11.3 Å². The molecule has 2 aliphatic heterocycles. The van der Waals surface area contributed by atoms with Gasteiger partial charge in [-0.25, -0.2) is 14.8 Å². The van der Waals surface area contributed by atoms with Crippen molar-refractivity contribution in [1.29, 1.82) is 0 Å². The van der Waals surface area contributed by atoms with Crippen LogP contribution in [-0.4, -0.2) is 68.9 Å². The number of piperidine rings is 1. The van der Waals surface area contributed by atoms with Gasteiger partial charge in [-0.1, -0.05) is 26.6 Å². The first-order valence-corrected chi connectivity index (χ1v) is 17.8. The molecule has 3 aromatic heterocycles. The number of ether oxygens (including phenoxy) is 2. The summed E-state index contributed by atoms with van der Waals surface area (Å²) in [5, 5.41) is 1.15. The van der Waals surface area contributed by atoms with Gasteiger partial charge >= 0.3 is 5.97 Å². The number of nitrogens with one attached hydrogen (secondary N) is 1. The number of nitrogens with zero attached hydrogens (tertiary/aromatic N) is 4. The second-order valence-electron chi connectivity index (χ2n) is 12.2. The molecular formula is C28H38BrN5O3Si. The molecule has 0 spiro atoms. The third-order valence-electron chi connectivity index (χ3n) is 8.02. The minimum atomic E-state index is -1.11. The number of rotatable bonds is 8. The lowest BCUT2D eigenvalue weighted by molar-refractivity contribution is 0.0601. The normalized spacial score (nSPS) is 21.7. The van der Waals surface area contributed by atoms with Gasteiger partial charge in [0, 0.05) is 80.3 Å². The molecule has 5 heterocycles. The minimum absolute atomic E-state index is 0.0450. The highest BCUT2D eigenvalue weighted by atomic mass is 79.9. The number of aromatic amines is 1. The largest absolute Gasteiger partial charge is 0.465 e. The molecule has 1 N–H and O–H groups in total. The molecule has 0 amide bonds. The molecule has 2 unspecified atom stereocenters. The van der Waals surface area contributed by atoms with Crippen LogP contribution in [0.1, 0.15) is 29.3 Å². The predicted molar refractivity (Wildman–Crippen MR) is 158 cm³/mol. The van der Waals surface area contributed by atoms with E-state index in [2.05, 4.69) is 68.3 Å². The Labute approximate surface area is 234 Å². The lowest BCUT2D eigenvalue weighted by atomic mass is 9.75. The Balaban J connectivity index is 1.33. The lowest BCUT2D eigenvalue weighted by Gasteiger charge is -2.42. The van der Waals surface area contributed by atoms with Gasteiger partial charge in [0.2, 0.25) is 0 Å². The van der Waals surface area contributed by atoms with E-state index in [1.165, 1.54) is 7.11 Å². The molecule has 10 heteroatoms. The summed E-state index contributed by atoms with van der Waals surface area (Å²) < 4.78 is 11.9. The van der Waals surface area contributed by atoms with Gasteiger partial charge in [0.1, 0.15) is 17.2 Å². The van der Waals surface area contributed by atoms with E-state index in [9.17, 15) is 4.79 Å². The highest BCUT2D eigenvalue weighted by Crippen LogP contribution is 2.45. The summed E-state index contributed by atoms with van der Waals surface area (Å²) in [5.74, 6) is 1.88. The molecule has 2 aliphatic rings. The monoisotopic (exact) mass is 599 g/mol. The first-order chi connectivity index (χ1) is 18.1. The zero-order chi connectivity index (χ0) is 27.1. The summed E-state index contributed by atoms with van der Waals surface area (Å²) in [6, 6.07) is 5.09. The standard InChI is InChI=1S/C28H38BrN5O3Si/c1-28-17-33(25-22-6-8-30-24(22)19(13-31-25)16-37-10-11-38(3,4)5)9-7-20(28)15-34(18-28)26-23(27(35)36-2)12-21(29)14-32-26/h6,8,12-14,20,30H,7,9-11,15-18H2,1-5H3. The van der Waals surface area contributed by atoms with Crippen LogP contribution in [0.15, 0.2) is 35.2 Å². The van der Waals surface area contributed by atoms with Crippen molar-refractivity contribution in [2.75, 3.05) is 49.7 Å². The van der Waals surface area contributed by atoms with E-state index in [-0.39, 0.29) is 11.4 Å². The average Bonchev–Trinajstić information content (AvgIpc) is 3.49. The third-order valence-corrected chi connectivity index (χ3v) is 10.2.